The van der Waals surface area contributed by atoms with Crippen molar-refractivity contribution in [2.75, 3.05) is 36.9 Å². The zero-order chi connectivity index (χ0) is 19.8. The van der Waals surface area contributed by atoms with Gasteiger partial charge in [0.2, 0.25) is 0 Å². The van der Waals surface area contributed by atoms with E-state index in [1.807, 2.05) is 24.3 Å². The third-order valence-electron chi connectivity index (χ3n) is 5.33. The van der Waals surface area contributed by atoms with Gasteiger partial charge in [0, 0.05) is 52.9 Å². The zero-order valence-electron chi connectivity index (χ0n) is 16.0. The number of benzene rings is 2. The Hall–Kier alpha value is -2.70. The van der Waals surface area contributed by atoms with Crippen LogP contribution in [0.1, 0.15) is 17.5 Å². The first-order chi connectivity index (χ1) is 14.2. The lowest BCUT2D eigenvalue weighted by Crippen LogP contribution is -2.26. The summed E-state index contributed by atoms with van der Waals surface area (Å²) < 4.78 is 11.8. The minimum Gasteiger partial charge on any atom is -0.440 e. The molecule has 0 bridgehead atoms. The minimum absolute atomic E-state index is 0.0435. The van der Waals surface area contributed by atoms with Crippen LogP contribution in [0.15, 0.2) is 67.5 Å². The molecule has 5 rings (SSSR count). The summed E-state index contributed by atoms with van der Waals surface area (Å²) in [7, 11) is 0. The molecule has 1 aromatic heterocycles. The first-order valence-corrected chi connectivity index (χ1v) is 10.7. The predicted molar refractivity (Wildman–Crippen MR) is 116 cm³/mol. The van der Waals surface area contributed by atoms with E-state index >= 15 is 0 Å². The number of rotatable bonds is 2. The summed E-state index contributed by atoms with van der Waals surface area (Å²) >= 11 is 1.71. The number of nitrogens with zero attached hydrogens (tertiary/aromatic N) is 1. The average Bonchev–Trinajstić information content (AvgIpc) is 3.01. The molecule has 1 fully saturated rings. The van der Waals surface area contributed by atoms with Crippen LogP contribution in [-0.2, 0) is 11.2 Å². The fourth-order valence-electron chi connectivity index (χ4n) is 3.91. The third kappa shape index (κ3) is 3.66. The van der Waals surface area contributed by atoms with Gasteiger partial charge in [-0.25, -0.2) is 0 Å². The van der Waals surface area contributed by atoms with Crippen molar-refractivity contribution in [3.05, 3.63) is 69.9 Å². The van der Waals surface area contributed by atoms with E-state index in [-0.39, 0.29) is 5.43 Å². The predicted octanol–water partition coefficient (Wildman–Crippen LogP) is 4.17. The van der Waals surface area contributed by atoms with Gasteiger partial charge < -0.3 is 19.8 Å². The van der Waals surface area contributed by atoms with Crippen LogP contribution in [0.5, 0.6) is 0 Å². The number of fused-ring (bicyclic) bond motifs is 2. The number of ether oxygens (including phenoxy) is 1. The van der Waals surface area contributed by atoms with Gasteiger partial charge in [-0.05, 0) is 42.2 Å². The summed E-state index contributed by atoms with van der Waals surface area (Å²) in [5.41, 5.74) is 10.1. The topological polar surface area (TPSA) is 68.7 Å². The van der Waals surface area contributed by atoms with Crippen LogP contribution in [-0.4, -0.2) is 26.3 Å². The quantitative estimate of drug-likeness (QED) is 0.504. The van der Waals surface area contributed by atoms with Crippen LogP contribution in [0.4, 0.5) is 11.6 Å². The number of hydrogen-bond donors (Lipinski definition) is 1. The van der Waals surface area contributed by atoms with Gasteiger partial charge in [0.15, 0.2) is 11.3 Å². The van der Waals surface area contributed by atoms with Crippen molar-refractivity contribution in [3.8, 4) is 11.3 Å². The smallest absolute Gasteiger partial charge is 0.200 e. The van der Waals surface area contributed by atoms with Gasteiger partial charge in [0.25, 0.3) is 0 Å². The van der Waals surface area contributed by atoms with Crippen molar-refractivity contribution in [1.82, 2.24) is 0 Å². The van der Waals surface area contributed by atoms with Crippen molar-refractivity contribution in [2.45, 2.75) is 22.6 Å². The van der Waals surface area contributed by atoms with E-state index < -0.39 is 0 Å². The molecule has 0 spiro atoms. The first-order valence-electron chi connectivity index (χ1n) is 9.84. The Balaban J connectivity index is 1.56. The first kappa shape index (κ1) is 18.3. The number of nitrogen functional groups attached to an aromatic ring is 1. The molecule has 0 radical (unpaired) electrons. The maximum Gasteiger partial charge on any atom is 0.200 e. The normalized spacial score (nSPS) is 16.1. The second-order valence-corrected chi connectivity index (χ2v) is 8.44. The largest absolute Gasteiger partial charge is 0.440 e. The Kier molecular flexibility index (Phi) is 4.81. The molecule has 0 saturated carbocycles. The van der Waals surface area contributed by atoms with Crippen LogP contribution in [0, 0.1) is 0 Å². The minimum atomic E-state index is -0.0435. The summed E-state index contributed by atoms with van der Waals surface area (Å²) in [6, 6.07) is 15.4. The van der Waals surface area contributed by atoms with Gasteiger partial charge >= 0.3 is 0 Å². The molecule has 5 nitrogen and oxygen atoms in total. The molecule has 2 aromatic carbocycles. The van der Waals surface area contributed by atoms with E-state index in [1.165, 1.54) is 16.0 Å². The molecule has 0 unspecified atom stereocenters. The van der Waals surface area contributed by atoms with Gasteiger partial charge in [-0.3, -0.25) is 4.79 Å². The van der Waals surface area contributed by atoms with Crippen LogP contribution < -0.4 is 16.1 Å². The van der Waals surface area contributed by atoms with E-state index in [0.717, 1.165) is 48.7 Å². The Morgan fingerprint density at radius 1 is 1.00 bits per heavy atom. The molecule has 0 atom stereocenters. The second kappa shape index (κ2) is 7.61. The zero-order valence-corrected chi connectivity index (χ0v) is 16.8. The van der Waals surface area contributed by atoms with Crippen LogP contribution in [0.2, 0.25) is 0 Å². The molecule has 2 aliphatic rings. The molecule has 148 valence electrons. The van der Waals surface area contributed by atoms with Gasteiger partial charge in [-0.1, -0.05) is 30.0 Å². The molecule has 1 saturated heterocycles. The highest BCUT2D eigenvalue weighted by Crippen LogP contribution is 2.45. The van der Waals surface area contributed by atoms with Crippen LogP contribution in [0.25, 0.3) is 11.3 Å². The van der Waals surface area contributed by atoms with E-state index in [1.54, 1.807) is 23.9 Å². The third-order valence-corrected chi connectivity index (χ3v) is 6.63. The molecule has 6 heteroatoms. The second-order valence-electron chi connectivity index (χ2n) is 7.39. The molecule has 0 aliphatic carbocycles. The van der Waals surface area contributed by atoms with Crippen molar-refractivity contribution in [2.24, 2.45) is 0 Å². The Morgan fingerprint density at radius 2 is 1.93 bits per heavy atom. The Bertz CT molecular complexity index is 1120. The van der Waals surface area contributed by atoms with Gasteiger partial charge in [0.05, 0.1) is 6.61 Å². The van der Waals surface area contributed by atoms with Crippen LogP contribution >= 0.6 is 11.8 Å². The molecular weight excluding hydrogens is 384 g/mol. The molecule has 2 aliphatic heterocycles. The van der Waals surface area contributed by atoms with Crippen LogP contribution in [0.3, 0.4) is 0 Å². The fraction of sp³-hybridized carbons (Fsp3) is 0.261. The maximum atomic E-state index is 12.5. The molecule has 0 amide bonds. The molecule has 29 heavy (non-hydrogen) atoms. The van der Waals surface area contributed by atoms with Gasteiger partial charge in [-0.15, -0.1) is 0 Å². The highest BCUT2D eigenvalue weighted by Gasteiger charge is 2.22. The standard InChI is InChI=1S/C23H22N2O3S/c24-17-5-6-21-16(12-17)11-15-3-1-4-19(23(15)29-21)20-13-18(26)14-22(28-20)25-7-2-9-27-10-8-25/h1,3-6,12-14H,2,7-11,24H2. The Labute approximate surface area is 173 Å². The number of anilines is 2. The lowest BCUT2D eigenvalue weighted by Gasteiger charge is -2.23. The summed E-state index contributed by atoms with van der Waals surface area (Å²) in [6.45, 7) is 2.93. The molecular formula is C23H22N2O3S. The van der Waals surface area contributed by atoms with Crippen molar-refractivity contribution in [1.29, 1.82) is 0 Å². The maximum absolute atomic E-state index is 12.5. The van der Waals surface area contributed by atoms with E-state index in [9.17, 15) is 4.79 Å². The van der Waals surface area contributed by atoms with Crippen molar-refractivity contribution < 1.29 is 9.15 Å². The fourth-order valence-corrected chi connectivity index (χ4v) is 5.08. The Morgan fingerprint density at radius 3 is 2.86 bits per heavy atom. The SMILES string of the molecule is Nc1ccc2c(c1)Cc1cccc(-c3cc(=O)cc(N4CCCOCC4)o3)c1S2. The van der Waals surface area contributed by atoms with E-state index in [0.29, 0.717) is 18.3 Å². The summed E-state index contributed by atoms with van der Waals surface area (Å²) in [4.78, 5) is 16.9. The number of nitrogens with two attached hydrogens (primary N) is 1. The van der Waals surface area contributed by atoms with Gasteiger partial charge in [-0.2, -0.15) is 0 Å². The lowest BCUT2D eigenvalue weighted by molar-refractivity contribution is 0.152. The molecule has 3 aromatic rings. The van der Waals surface area contributed by atoms with Gasteiger partial charge in [0.1, 0.15) is 5.76 Å². The highest BCUT2D eigenvalue weighted by molar-refractivity contribution is 7.99. The highest BCUT2D eigenvalue weighted by atomic mass is 32.2. The van der Waals surface area contributed by atoms with E-state index in [2.05, 4.69) is 17.0 Å². The average molecular weight is 407 g/mol. The summed E-state index contributed by atoms with van der Waals surface area (Å²) in [5, 5.41) is 0. The summed E-state index contributed by atoms with van der Waals surface area (Å²) in [6.07, 6.45) is 1.74. The number of hydrogen-bond acceptors (Lipinski definition) is 6. The van der Waals surface area contributed by atoms with E-state index in [4.69, 9.17) is 14.9 Å². The summed E-state index contributed by atoms with van der Waals surface area (Å²) in [5.74, 6) is 1.23. The monoisotopic (exact) mass is 406 g/mol. The van der Waals surface area contributed by atoms with Crippen molar-refractivity contribution in [3.63, 3.8) is 0 Å². The lowest BCUT2D eigenvalue weighted by atomic mass is 10.0. The van der Waals surface area contributed by atoms with Crippen molar-refractivity contribution >= 4 is 23.3 Å². The molecule has 2 N–H and O–H groups in total. The molecule has 3 heterocycles.